The maximum absolute atomic E-state index is 11.9. The summed E-state index contributed by atoms with van der Waals surface area (Å²) in [4.78, 5) is 34.5. The number of hydrogen-bond acceptors (Lipinski definition) is 7. The quantitative estimate of drug-likeness (QED) is 0.667. The van der Waals surface area contributed by atoms with Gasteiger partial charge in [0, 0.05) is 6.54 Å². The van der Waals surface area contributed by atoms with Crippen molar-refractivity contribution in [3.8, 4) is 0 Å². The largest absolute Gasteiger partial charge is 0.480 e. The van der Waals surface area contributed by atoms with Crippen molar-refractivity contribution in [1.82, 2.24) is 9.97 Å². The minimum atomic E-state index is -0.897. The third-order valence-corrected chi connectivity index (χ3v) is 5.26. The van der Waals surface area contributed by atoms with E-state index >= 15 is 0 Å². The molecule has 1 N–H and O–H groups in total. The molecule has 23 heavy (non-hydrogen) atoms. The number of aryl methyl sites for hydroxylation is 1. The van der Waals surface area contributed by atoms with Gasteiger partial charge in [-0.25, -0.2) is 14.6 Å². The van der Waals surface area contributed by atoms with Crippen molar-refractivity contribution >= 4 is 50.9 Å². The molecule has 1 atom stereocenters. The van der Waals surface area contributed by atoms with E-state index in [1.807, 2.05) is 0 Å². The number of halogens is 1. The van der Waals surface area contributed by atoms with Gasteiger partial charge in [-0.05, 0) is 36.9 Å². The zero-order valence-corrected chi connectivity index (χ0v) is 14.1. The summed E-state index contributed by atoms with van der Waals surface area (Å²) in [5, 5.41) is 10.1. The molecule has 0 radical (unpaired) electrons. The van der Waals surface area contributed by atoms with Crippen LogP contribution >= 0.6 is 22.9 Å². The van der Waals surface area contributed by atoms with Gasteiger partial charge in [-0.2, -0.15) is 4.98 Å². The highest BCUT2D eigenvalue weighted by Crippen LogP contribution is 2.38. The molecule has 0 spiro atoms. The van der Waals surface area contributed by atoms with Gasteiger partial charge in [-0.3, -0.25) is 0 Å². The van der Waals surface area contributed by atoms with Crippen molar-refractivity contribution < 1.29 is 19.4 Å². The van der Waals surface area contributed by atoms with E-state index in [9.17, 15) is 14.7 Å². The number of fused-ring (bicyclic) bond motifs is 1. The first-order chi connectivity index (χ1) is 10.9. The Balaban J connectivity index is 2.22. The molecule has 0 aromatic carbocycles. The van der Waals surface area contributed by atoms with E-state index in [0.717, 1.165) is 6.42 Å². The van der Waals surface area contributed by atoms with Gasteiger partial charge in [-0.15, -0.1) is 11.3 Å². The van der Waals surface area contributed by atoms with E-state index in [4.69, 9.17) is 16.3 Å². The van der Waals surface area contributed by atoms with Crippen molar-refractivity contribution in [1.29, 1.82) is 0 Å². The lowest BCUT2D eigenvalue weighted by molar-refractivity contribution is -0.138. The first-order valence-electron chi connectivity index (χ1n) is 6.98. The zero-order chi connectivity index (χ0) is 16.7. The second-order valence-corrected chi connectivity index (χ2v) is 6.57. The fourth-order valence-electron chi connectivity index (χ4n) is 2.86. The van der Waals surface area contributed by atoms with Crippen LogP contribution in [0.4, 0.5) is 5.82 Å². The first-order valence-corrected chi connectivity index (χ1v) is 8.18. The van der Waals surface area contributed by atoms with Gasteiger partial charge >= 0.3 is 11.9 Å². The minimum absolute atomic E-state index is 0.0289. The number of carbonyl (C=O) groups is 2. The average Bonchev–Trinajstić information content (AvgIpc) is 3.11. The van der Waals surface area contributed by atoms with E-state index in [1.165, 1.54) is 18.4 Å². The summed E-state index contributed by atoms with van der Waals surface area (Å²) in [6.45, 7) is 2.35. The highest BCUT2D eigenvalue weighted by molar-refractivity contribution is 7.20. The molecule has 9 heteroatoms. The Labute approximate surface area is 140 Å². The highest BCUT2D eigenvalue weighted by Gasteiger charge is 2.34. The standard InChI is InChI=1S/C14H14ClN3O4S/c1-6-8-10(18-5-3-4-7(18)12(19)20)16-14(15)17-11(8)23-9(6)13(21)22-2/h7H,3-5H2,1-2H3,(H,19,20). The first kappa shape index (κ1) is 15.9. The Morgan fingerprint density at radius 3 is 2.83 bits per heavy atom. The van der Waals surface area contributed by atoms with Gasteiger partial charge in [0.25, 0.3) is 0 Å². The highest BCUT2D eigenvalue weighted by atomic mass is 35.5. The topological polar surface area (TPSA) is 92.6 Å². The van der Waals surface area contributed by atoms with Gasteiger partial charge < -0.3 is 14.7 Å². The summed E-state index contributed by atoms with van der Waals surface area (Å²) in [6, 6.07) is -0.648. The van der Waals surface area contributed by atoms with E-state index in [-0.39, 0.29) is 5.28 Å². The van der Waals surface area contributed by atoms with Crippen LogP contribution in [-0.2, 0) is 9.53 Å². The van der Waals surface area contributed by atoms with Gasteiger partial charge in [0.15, 0.2) is 0 Å². The SMILES string of the molecule is COC(=O)c1sc2nc(Cl)nc(N3CCCC3C(=O)O)c2c1C. The number of carbonyl (C=O) groups excluding carboxylic acids is 1. The Hall–Kier alpha value is -1.93. The summed E-state index contributed by atoms with van der Waals surface area (Å²) in [6.07, 6.45) is 1.30. The lowest BCUT2D eigenvalue weighted by Gasteiger charge is -2.23. The summed E-state index contributed by atoms with van der Waals surface area (Å²) in [7, 11) is 1.31. The molecule has 2 aromatic heterocycles. The Bertz CT molecular complexity index is 807. The predicted octanol–water partition coefficient (Wildman–Crippen LogP) is 2.49. The van der Waals surface area contributed by atoms with Crippen LogP contribution in [0.1, 0.15) is 28.1 Å². The smallest absolute Gasteiger partial charge is 0.348 e. The van der Waals surface area contributed by atoms with Gasteiger partial charge in [0.05, 0.1) is 12.5 Å². The van der Waals surface area contributed by atoms with Crippen LogP contribution in [0.3, 0.4) is 0 Å². The monoisotopic (exact) mass is 355 g/mol. The maximum Gasteiger partial charge on any atom is 0.348 e. The molecule has 2 aromatic rings. The number of rotatable bonds is 3. The molecule has 1 aliphatic heterocycles. The molecule has 7 nitrogen and oxygen atoms in total. The summed E-state index contributed by atoms with van der Waals surface area (Å²) in [5.74, 6) is -0.885. The van der Waals surface area contributed by atoms with E-state index in [1.54, 1.807) is 11.8 Å². The molecule has 3 heterocycles. The molecular weight excluding hydrogens is 342 g/mol. The number of esters is 1. The maximum atomic E-state index is 11.9. The zero-order valence-electron chi connectivity index (χ0n) is 12.5. The summed E-state index contributed by atoms with van der Waals surface area (Å²) < 4.78 is 4.78. The average molecular weight is 356 g/mol. The number of methoxy groups -OCH3 is 1. The van der Waals surface area contributed by atoms with Crippen LogP contribution in [0.25, 0.3) is 10.2 Å². The lowest BCUT2D eigenvalue weighted by Crippen LogP contribution is -2.36. The predicted molar refractivity (Wildman–Crippen MR) is 86.5 cm³/mol. The second kappa shape index (κ2) is 5.93. The van der Waals surface area contributed by atoms with Crippen molar-refractivity contribution in [2.75, 3.05) is 18.6 Å². The normalized spacial score (nSPS) is 17.7. The minimum Gasteiger partial charge on any atom is -0.480 e. The number of carboxylic acids is 1. The molecule has 0 bridgehead atoms. The molecule has 1 unspecified atom stereocenters. The van der Waals surface area contributed by atoms with Crippen LogP contribution in [0.2, 0.25) is 5.28 Å². The summed E-state index contributed by atoms with van der Waals surface area (Å²) >= 11 is 7.17. The van der Waals surface area contributed by atoms with Crippen LogP contribution in [-0.4, -0.2) is 46.7 Å². The number of aliphatic carboxylic acids is 1. The second-order valence-electron chi connectivity index (χ2n) is 5.23. The summed E-state index contributed by atoms with van der Waals surface area (Å²) in [5.41, 5.74) is 0.680. The molecule has 122 valence electrons. The third kappa shape index (κ3) is 2.61. The van der Waals surface area contributed by atoms with E-state index < -0.39 is 18.0 Å². The Morgan fingerprint density at radius 2 is 2.17 bits per heavy atom. The van der Waals surface area contributed by atoms with Crippen LogP contribution in [0, 0.1) is 6.92 Å². The van der Waals surface area contributed by atoms with Gasteiger partial charge in [0.2, 0.25) is 5.28 Å². The van der Waals surface area contributed by atoms with E-state index in [2.05, 4.69) is 9.97 Å². The number of anilines is 1. The molecule has 0 saturated carbocycles. The van der Waals surface area contributed by atoms with Crippen LogP contribution in [0.15, 0.2) is 0 Å². The molecule has 1 fully saturated rings. The number of nitrogens with zero attached hydrogens (tertiary/aromatic N) is 3. The number of aromatic nitrogens is 2. The lowest BCUT2D eigenvalue weighted by atomic mass is 10.1. The van der Waals surface area contributed by atoms with Crippen molar-refractivity contribution in [2.45, 2.75) is 25.8 Å². The Morgan fingerprint density at radius 1 is 1.43 bits per heavy atom. The van der Waals surface area contributed by atoms with Gasteiger partial charge in [0.1, 0.15) is 21.6 Å². The number of thiophene rings is 1. The molecule has 1 aliphatic rings. The molecule has 0 amide bonds. The fourth-order valence-corrected chi connectivity index (χ4v) is 4.17. The number of ether oxygens (including phenoxy) is 1. The van der Waals surface area contributed by atoms with E-state index in [0.29, 0.717) is 39.4 Å². The van der Waals surface area contributed by atoms with Crippen LogP contribution in [0.5, 0.6) is 0 Å². The van der Waals surface area contributed by atoms with Gasteiger partial charge in [-0.1, -0.05) is 0 Å². The van der Waals surface area contributed by atoms with Crippen LogP contribution < -0.4 is 4.90 Å². The molecule has 0 aliphatic carbocycles. The third-order valence-electron chi connectivity index (χ3n) is 3.92. The number of hydrogen-bond donors (Lipinski definition) is 1. The molecular formula is C14H14ClN3O4S. The molecule has 3 rings (SSSR count). The van der Waals surface area contributed by atoms with Crippen molar-refractivity contribution in [3.05, 3.63) is 15.7 Å². The van der Waals surface area contributed by atoms with Crippen molar-refractivity contribution in [2.24, 2.45) is 0 Å². The molecule has 1 saturated heterocycles. The number of carboxylic acid groups (broad SMARTS) is 1. The Kier molecular flexibility index (Phi) is 4.11. The fraction of sp³-hybridized carbons (Fsp3) is 0.429. The van der Waals surface area contributed by atoms with Crippen molar-refractivity contribution in [3.63, 3.8) is 0 Å².